The van der Waals surface area contributed by atoms with Crippen LogP contribution in [0.5, 0.6) is 5.75 Å². The molecular formula is C26H26F2N8O4. The summed E-state index contributed by atoms with van der Waals surface area (Å²) in [5, 5.41) is 18.9. The molecule has 1 atom stereocenters. The largest absolute Gasteiger partial charge is 0.479 e. The maximum absolute atomic E-state index is 14.6. The van der Waals surface area contributed by atoms with Gasteiger partial charge in [-0.15, -0.1) is 0 Å². The first-order valence-electron chi connectivity index (χ1n) is 12.7. The average molecular weight is 553 g/mol. The second-order valence-electron chi connectivity index (χ2n) is 9.54. The van der Waals surface area contributed by atoms with E-state index in [1.807, 2.05) is 12.1 Å². The highest BCUT2D eigenvalue weighted by molar-refractivity contribution is 5.93. The first kappa shape index (κ1) is 25.6. The van der Waals surface area contributed by atoms with Crippen LogP contribution in [0.3, 0.4) is 0 Å². The Balaban J connectivity index is 1.13. The first-order chi connectivity index (χ1) is 19.3. The van der Waals surface area contributed by atoms with Crippen molar-refractivity contribution < 1.29 is 27.8 Å². The lowest BCUT2D eigenvalue weighted by Crippen LogP contribution is -2.47. The number of hydrogen-bond donors (Lipinski definition) is 2. The number of halogens is 2. The Morgan fingerprint density at radius 1 is 1.18 bits per heavy atom. The van der Waals surface area contributed by atoms with E-state index in [-0.39, 0.29) is 17.4 Å². The highest BCUT2D eigenvalue weighted by Crippen LogP contribution is 2.30. The molecule has 40 heavy (non-hydrogen) atoms. The fraction of sp³-hybridized carbons (Fsp3) is 0.308. The van der Waals surface area contributed by atoms with Crippen molar-refractivity contribution in [2.75, 3.05) is 43.4 Å². The minimum Gasteiger partial charge on any atom is -0.479 e. The molecule has 0 aliphatic carbocycles. The summed E-state index contributed by atoms with van der Waals surface area (Å²) >= 11 is 0. The first-order valence-corrected chi connectivity index (χ1v) is 12.7. The van der Waals surface area contributed by atoms with Crippen LogP contribution in [0.1, 0.15) is 6.92 Å². The fourth-order valence-corrected chi connectivity index (χ4v) is 4.83. The van der Waals surface area contributed by atoms with E-state index in [0.717, 1.165) is 17.0 Å². The van der Waals surface area contributed by atoms with Crippen LogP contribution in [0, 0.1) is 11.6 Å². The molecule has 0 spiro atoms. The van der Waals surface area contributed by atoms with E-state index in [1.54, 1.807) is 32.6 Å². The van der Waals surface area contributed by atoms with Crippen LogP contribution in [0.4, 0.5) is 20.4 Å². The van der Waals surface area contributed by atoms with Gasteiger partial charge in [-0.05, 0) is 25.1 Å². The van der Waals surface area contributed by atoms with E-state index in [1.165, 1.54) is 13.0 Å². The number of aliphatic carboxylic acids is 1. The van der Waals surface area contributed by atoms with Crippen LogP contribution in [0.25, 0.3) is 28.0 Å². The third-order valence-corrected chi connectivity index (χ3v) is 7.00. The second kappa shape index (κ2) is 10.1. The van der Waals surface area contributed by atoms with Crippen molar-refractivity contribution in [2.24, 2.45) is 0 Å². The number of benzene rings is 1. The average Bonchev–Trinajstić information content (AvgIpc) is 3.69. The van der Waals surface area contributed by atoms with Gasteiger partial charge in [0.15, 0.2) is 29.1 Å². The molecule has 1 saturated heterocycles. The van der Waals surface area contributed by atoms with Gasteiger partial charge in [-0.2, -0.15) is 19.7 Å². The van der Waals surface area contributed by atoms with Gasteiger partial charge in [0.05, 0.1) is 35.6 Å². The number of nitrogens with zero attached hydrogens (tertiary/aromatic N) is 7. The molecule has 0 bridgehead atoms. The van der Waals surface area contributed by atoms with Gasteiger partial charge in [0.25, 0.3) is 0 Å². The molecule has 0 unspecified atom stereocenters. The third kappa shape index (κ3) is 4.66. The summed E-state index contributed by atoms with van der Waals surface area (Å²) < 4.78 is 42.8. The lowest BCUT2D eigenvalue weighted by atomic mass is 10.2. The summed E-state index contributed by atoms with van der Waals surface area (Å²) in [7, 11) is 0. The maximum atomic E-state index is 14.6. The predicted octanol–water partition coefficient (Wildman–Crippen LogP) is 2.87. The smallest absolute Gasteiger partial charge is 0.344 e. The van der Waals surface area contributed by atoms with Crippen LogP contribution in [-0.2, 0) is 11.3 Å². The summed E-state index contributed by atoms with van der Waals surface area (Å²) in [6.45, 7) is 4.76. The molecule has 3 N–H and O–H groups in total. The molecule has 0 amide bonds. The summed E-state index contributed by atoms with van der Waals surface area (Å²) in [5.74, 6) is -2.35. The second-order valence-corrected chi connectivity index (χ2v) is 9.54. The summed E-state index contributed by atoms with van der Waals surface area (Å²) in [4.78, 5) is 19.6. The Hall–Kier alpha value is -4.72. The van der Waals surface area contributed by atoms with E-state index in [0.29, 0.717) is 56.4 Å². The number of nitrogen functional groups attached to an aromatic ring is 1. The Kier molecular flexibility index (Phi) is 6.46. The van der Waals surface area contributed by atoms with Crippen molar-refractivity contribution in [1.82, 2.24) is 29.3 Å². The number of hydrogen-bond acceptors (Lipinski definition) is 9. The molecule has 12 nitrogen and oxygen atoms in total. The number of fused-ring (bicyclic) bond motifs is 3. The fourth-order valence-electron chi connectivity index (χ4n) is 4.83. The van der Waals surface area contributed by atoms with Gasteiger partial charge in [0, 0.05) is 44.9 Å². The monoisotopic (exact) mass is 552 g/mol. The van der Waals surface area contributed by atoms with Crippen LogP contribution in [0.15, 0.2) is 47.2 Å². The number of rotatable bonds is 8. The van der Waals surface area contributed by atoms with Crippen molar-refractivity contribution in [3.8, 4) is 17.2 Å². The standard InChI is InChI=1S/C26H26F2N8O4/c1-15(25(37)38)40-23-13-21(17(27)11-18(23)28)34-7-4-33(5-8-34)6-9-35-24-16(14-30-35)20-12-19(22-3-2-10-39-22)32-36(20)26(29)31-24/h2-3,10-15H,4-9H2,1H3,(H2,29,31)(H,37,38)/t15-/m1/s1. The lowest BCUT2D eigenvalue weighted by molar-refractivity contribution is -0.144. The number of carboxylic acid groups (broad SMARTS) is 1. The normalized spacial score (nSPS) is 15.2. The van der Waals surface area contributed by atoms with Gasteiger partial charge in [-0.1, -0.05) is 0 Å². The molecule has 4 aromatic heterocycles. The Morgan fingerprint density at radius 2 is 1.98 bits per heavy atom. The zero-order valence-electron chi connectivity index (χ0n) is 21.5. The summed E-state index contributed by atoms with van der Waals surface area (Å²) in [6, 6.07) is 7.45. The van der Waals surface area contributed by atoms with Gasteiger partial charge in [0.1, 0.15) is 11.5 Å². The predicted molar refractivity (Wildman–Crippen MR) is 141 cm³/mol. The summed E-state index contributed by atoms with van der Waals surface area (Å²) in [6.07, 6.45) is 2.06. The SMILES string of the molecule is C[C@@H](Oc1cc(N2CCN(CCn3ncc4c3nc(N)n3nc(-c5ccco5)cc43)CC2)c(F)cc1F)C(=O)O. The van der Waals surface area contributed by atoms with E-state index in [9.17, 15) is 13.6 Å². The number of carbonyl (C=O) groups is 1. The van der Waals surface area contributed by atoms with Gasteiger partial charge >= 0.3 is 5.97 Å². The zero-order valence-corrected chi connectivity index (χ0v) is 21.5. The number of anilines is 2. The van der Waals surface area contributed by atoms with Crippen molar-refractivity contribution in [2.45, 2.75) is 19.6 Å². The van der Waals surface area contributed by atoms with Crippen molar-refractivity contribution in [3.05, 3.63) is 54.4 Å². The molecule has 208 valence electrons. The van der Waals surface area contributed by atoms with Crippen LogP contribution < -0.4 is 15.4 Å². The Labute approximate surface area is 226 Å². The van der Waals surface area contributed by atoms with Crippen LogP contribution in [0.2, 0.25) is 0 Å². The molecule has 1 fully saturated rings. The molecule has 5 heterocycles. The van der Waals surface area contributed by atoms with E-state index >= 15 is 0 Å². The number of nitrogens with two attached hydrogens (primary N) is 1. The minimum atomic E-state index is -1.27. The number of carboxylic acids is 1. The lowest BCUT2D eigenvalue weighted by Gasteiger charge is -2.36. The number of aromatic nitrogens is 5. The summed E-state index contributed by atoms with van der Waals surface area (Å²) in [5.41, 5.74) is 8.44. The Morgan fingerprint density at radius 3 is 2.70 bits per heavy atom. The molecule has 0 saturated carbocycles. The van der Waals surface area contributed by atoms with E-state index < -0.39 is 23.7 Å². The third-order valence-electron chi connectivity index (χ3n) is 7.00. The maximum Gasteiger partial charge on any atom is 0.344 e. The molecule has 5 aromatic rings. The molecule has 1 aliphatic heterocycles. The zero-order chi connectivity index (χ0) is 28.0. The highest BCUT2D eigenvalue weighted by Gasteiger charge is 2.24. The van der Waals surface area contributed by atoms with Gasteiger partial charge < -0.3 is 24.9 Å². The highest BCUT2D eigenvalue weighted by atomic mass is 19.1. The number of piperazine rings is 1. The quantitative estimate of drug-likeness (QED) is 0.295. The Bertz CT molecular complexity index is 1690. The minimum absolute atomic E-state index is 0.171. The van der Waals surface area contributed by atoms with Crippen LogP contribution >= 0.6 is 0 Å². The van der Waals surface area contributed by atoms with Crippen molar-refractivity contribution >= 4 is 34.2 Å². The van der Waals surface area contributed by atoms with Crippen molar-refractivity contribution in [3.63, 3.8) is 0 Å². The molecule has 6 rings (SSSR count). The molecule has 14 heteroatoms. The number of furan rings is 1. The molecule has 1 aromatic carbocycles. The van der Waals surface area contributed by atoms with Gasteiger partial charge in [0.2, 0.25) is 5.95 Å². The van der Waals surface area contributed by atoms with Crippen molar-refractivity contribution in [1.29, 1.82) is 0 Å². The van der Waals surface area contributed by atoms with Gasteiger partial charge in [-0.3, -0.25) is 4.90 Å². The van der Waals surface area contributed by atoms with E-state index in [2.05, 4.69) is 20.1 Å². The van der Waals surface area contributed by atoms with Gasteiger partial charge in [-0.25, -0.2) is 18.3 Å². The van der Waals surface area contributed by atoms with Crippen LogP contribution in [-0.4, -0.2) is 79.2 Å². The van der Waals surface area contributed by atoms with E-state index in [4.69, 9.17) is 20.0 Å². The molecule has 0 radical (unpaired) electrons. The number of ether oxygens (including phenoxy) is 1. The molecule has 1 aliphatic rings. The molecular weight excluding hydrogens is 526 g/mol. The topological polar surface area (TPSA) is 140 Å².